The maximum Gasteiger partial charge on any atom is 0.252 e. The molecular formula is C23H23N3O4. The maximum absolute atomic E-state index is 12.4. The number of hydrogen-bond donors (Lipinski definition) is 2. The highest BCUT2D eigenvalue weighted by atomic mass is 16.5. The van der Waals surface area contributed by atoms with Crippen LogP contribution in [0.3, 0.4) is 0 Å². The summed E-state index contributed by atoms with van der Waals surface area (Å²) in [6.45, 7) is 2.35. The number of fused-ring (bicyclic) bond motifs is 1. The van der Waals surface area contributed by atoms with E-state index in [4.69, 9.17) is 9.47 Å². The van der Waals surface area contributed by atoms with E-state index in [1.807, 2.05) is 25.1 Å². The molecule has 7 nitrogen and oxygen atoms in total. The Hall–Kier alpha value is -3.87. The number of anilines is 1. The van der Waals surface area contributed by atoms with Crippen molar-refractivity contribution in [2.75, 3.05) is 26.1 Å². The molecule has 0 unspecified atom stereocenters. The fourth-order valence-corrected chi connectivity index (χ4v) is 2.97. The summed E-state index contributed by atoms with van der Waals surface area (Å²) in [7, 11) is 3.12. The number of carbonyl (C=O) groups excluding carboxylic acids is 2. The quantitative estimate of drug-likeness (QED) is 0.586. The van der Waals surface area contributed by atoms with Gasteiger partial charge >= 0.3 is 0 Å². The van der Waals surface area contributed by atoms with Crippen LogP contribution in [0.15, 0.2) is 54.6 Å². The summed E-state index contributed by atoms with van der Waals surface area (Å²) in [5, 5.41) is 6.23. The summed E-state index contributed by atoms with van der Waals surface area (Å²) in [5.74, 6) is 0.946. The standard InChI is InChI=1S/C23H23N3O4/c1-4-24-23(28)18-14-21(25-19-8-6-5-7-17(18)19)26-22(27)12-10-15-9-11-16(29-2)13-20(15)30-3/h5-14H,4H2,1-3H3,(H,24,28)(H,25,26,27)/b12-10+. The van der Waals surface area contributed by atoms with E-state index in [1.54, 1.807) is 50.6 Å². The molecule has 2 N–H and O–H groups in total. The molecule has 0 fully saturated rings. The number of nitrogens with one attached hydrogen (secondary N) is 2. The van der Waals surface area contributed by atoms with E-state index in [1.165, 1.54) is 6.08 Å². The predicted octanol–water partition coefficient (Wildman–Crippen LogP) is 3.65. The molecule has 7 heteroatoms. The van der Waals surface area contributed by atoms with Crippen molar-refractivity contribution in [2.24, 2.45) is 0 Å². The zero-order valence-electron chi connectivity index (χ0n) is 17.1. The lowest BCUT2D eigenvalue weighted by atomic mass is 10.1. The molecule has 0 spiro atoms. The minimum atomic E-state index is -0.377. The highest BCUT2D eigenvalue weighted by Gasteiger charge is 2.13. The highest BCUT2D eigenvalue weighted by molar-refractivity contribution is 6.08. The van der Waals surface area contributed by atoms with E-state index < -0.39 is 0 Å². The van der Waals surface area contributed by atoms with E-state index in [0.717, 1.165) is 10.9 Å². The Balaban J connectivity index is 1.85. The number of rotatable bonds is 7. The van der Waals surface area contributed by atoms with Gasteiger partial charge in [0.05, 0.1) is 25.3 Å². The molecule has 1 heterocycles. The molecule has 0 bridgehead atoms. The van der Waals surface area contributed by atoms with Crippen LogP contribution in [-0.2, 0) is 4.79 Å². The van der Waals surface area contributed by atoms with Crippen molar-refractivity contribution < 1.29 is 19.1 Å². The first-order chi connectivity index (χ1) is 14.5. The number of hydrogen-bond acceptors (Lipinski definition) is 5. The van der Waals surface area contributed by atoms with E-state index in [2.05, 4.69) is 15.6 Å². The molecule has 30 heavy (non-hydrogen) atoms. The Labute approximate surface area is 174 Å². The van der Waals surface area contributed by atoms with E-state index >= 15 is 0 Å². The van der Waals surface area contributed by atoms with Gasteiger partial charge in [-0.25, -0.2) is 4.98 Å². The van der Waals surface area contributed by atoms with E-state index in [-0.39, 0.29) is 11.8 Å². The van der Waals surface area contributed by atoms with Crippen LogP contribution in [0.4, 0.5) is 5.82 Å². The van der Waals surface area contributed by atoms with Crippen molar-refractivity contribution >= 4 is 34.6 Å². The number of benzene rings is 2. The molecule has 2 aromatic carbocycles. The third-order valence-electron chi connectivity index (χ3n) is 4.40. The van der Waals surface area contributed by atoms with Gasteiger partial charge in [0, 0.05) is 29.6 Å². The van der Waals surface area contributed by atoms with E-state index in [9.17, 15) is 9.59 Å². The van der Waals surface area contributed by atoms with Crippen molar-refractivity contribution in [1.82, 2.24) is 10.3 Å². The largest absolute Gasteiger partial charge is 0.497 e. The van der Waals surface area contributed by atoms with Gasteiger partial charge in [0.15, 0.2) is 0 Å². The molecule has 0 radical (unpaired) electrons. The lowest BCUT2D eigenvalue weighted by molar-refractivity contribution is -0.111. The SMILES string of the molecule is CCNC(=O)c1cc(NC(=O)/C=C/c2ccc(OC)cc2OC)nc2ccccc12. The number of nitrogens with zero attached hydrogens (tertiary/aromatic N) is 1. The first-order valence-electron chi connectivity index (χ1n) is 9.44. The summed E-state index contributed by atoms with van der Waals surface area (Å²) in [6, 6.07) is 14.2. The fourth-order valence-electron chi connectivity index (χ4n) is 2.97. The smallest absolute Gasteiger partial charge is 0.252 e. The molecule has 154 valence electrons. The molecule has 0 saturated heterocycles. The zero-order chi connectivity index (χ0) is 21.5. The first kappa shape index (κ1) is 20.9. The van der Waals surface area contributed by atoms with Gasteiger partial charge in [-0.3, -0.25) is 9.59 Å². The highest BCUT2D eigenvalue weighted by Crippen LogP contribution is 2.26. The van der Waals surface area contributed by atoms with Gasteiger partial charge in [0.2, 0.25) is 5.91 Å². The molecule has 0 atom stereocenters. The van der Waals surface area contributed by atoms with Crippen molar-refractivity contribution in [3.63, 3.8) is 0 Å². The average molecular weight is 405 g/mol. The monoisotopic (exact) mass is 405 g/mol. The van der Waals surface area contributed by atoms with Gasteiger partial charge in [-0.1, -0.05) is 18.2 Å². The van der Waals surface area contributed by atoms with Gasteiger partial charge in [0.1, 0.15) is 17.3 Å². The number of aromatic nitrogens is 1. The van der Waals surface area contributed by atoms with Crippen molar-refractivity contribution in [3.05, 3.63) is 65.7 Å². The second-order valence-corrected chi connectivity index (χ2v) is 6.36. The fraction of sp³-hybridized carbons (Fsp3) is 0.174. The van der Waals surface area contributed by atoms with Crippen LogP contribution in [-0.4, -0.2) is 37.6 Å². The molecule has 0 saturated carbocycles. The Morgan fingerprint density at radius 3 is 2.60 bits per heavy atom. The number of para-hydroxylation sites is 1. The van der Waals surface area contributed by atoms with E-state index in [0.29, 0.717) is 34.9 Å². The van der Waals surface area contributed by atoms with Crippen molar-refractivity contribution in [1.29, 1.82) is 0 Å². The second kappa shape index (κ2) is 9.56. The third-order valence-corrected chi connectivity index (χ3v) is 4.40. The van der Waals surface area contributed by atoms with Crippen molar-refractivity contribution in [2.45, 2.75) is 6.92 Å². The molecule has 3 rings (SSSR count). The van der Waals surface area contributed by atoms with Crippen LogP contribution in [0.25, 0.3) is 17.0 Å². The number of methoxy groups -OCH3 is 2. The summed E-state index contributed by atoms with van der Waals surface area (Å²) < 4.78 is 10.5. The molecule has 0 aliphatic heterocycles. The maximum atomic E-state index is 12.4. The number of ether oxygens (including phenoxy) is 2. The molecule has 3 aromatic rings. The van der Waals surface area contributed by atoms with Gasteiger partial charge in [-0.2, -0.15) is 0 Å². The Morgan fingerprint density at radius 2 is 1.87 bits per heavy atom. The minimum Gasteiger partial charge on any atom is -0.497 e. The molecule has 1 aromatic heterocycles. The molecule has 2 amide bonds. The minimum absolute atomic E-state index is 0.217. The van der Waals surface area contributed by atoms with Crippen LogP contribution >= 0.6 is 0 Å². The zero-order valence-corrected chi connectivity index (χ0v) is 17.1. The number of amides is 2. The summed E-state index contributed by atoms with van der Waals surface area (Å²) in [4.78, 5) is 29.3. The normalized spacial score (nSPS) is 10.8. The predicted molar refractivity (Wildman–Crippen MR) is 117 cm³/mol. The summed E-state index contributed by atoms with van der Waals surface area (Å²) in [5.41, 5.74) is 1.80. The molecule has 0 aliphatic rings. The number of carbonyl (C=O) groups is 2. The Kier molecular flexibility index (Phi) is 6.64. The van der Waals surface area contributed by atoms with Gasteiger partial charge in [0.25, 0.3) is 5.91 Å². The Morgan fingerprint density at radius 1 is 1.07 bits per heavy atom. The summed E-state index contributed by atoms with van der Waals surface area (Å²) >= 11 is 0. The van der Waals surface area contributed by atoms with Gasteiger partial charge < -0.3 is 20.1 Å². The topological polar surface area (TPSA) is 89.6 Å². The van der Waals surface area contributed by atoms with Gasteiger partial charge in [-0.05, 0) is 37.3 Å². The average Bonchev–Trinajstić information content (AvgIpc) is 2.77. The van der Waals surface area contributed by atoms with Crippen LogP contribution in [0.1, 0.15) is 22.8 Å². The molecule has 0 aliphatic carbocycles. The third kappa shape index (κ3) is 4.75. The summed E-state index contributed by atoms with van der Waals surface area (Å²) in [6.07, 6.45) is 3.02. The van der Waals surface area contributed by atoms with Crippen LogP contribution in [0, 0.1) is 0 Å². The van der Waals surface area contributed by atoms with Crippen LogP contribution in [0.2, 0.25) is 0 Å². The van der Waals surface area contributed by atoms with Gasteiger partial charge in [-0.15, -0.1) is 0 Å². The number of pyridine rings is 1. The second-order valence-electron chi connectivity index (χ2n) is 6.36. The lowest BCUT2D eigenvalue weighted by Crippen LogP contribution is -2.23. The Bertz CT molecular complexity index is 1110. The first-order valence-corrected chi connectivity index (χ1v) is 9.44. The van der Waals surface area contributed by atoms with Crippen LogP contribution < -0.4 is 20.1 Å². The van der Waals surface area contributed by atoms with Crippen LogP contribution in [0.5, 0.6) is 11.5 Å². The molecular weight excluding hydrogens is 382 g/mol. The lowest BCUT2D eigenvalue weighted by Gasteiger charge is -2.10. The van der Waals surface area contributed by atoms with Crippen molar-refractivity contribution in [3.8, 4) is 11.5 Å².